The second kappa shape index (κ2) is 3.76. The van der Waals surface area contributed by atoms with Crippen molar-refractivity contribution >= 4 is 5.97 Å². The summed E-state index contributed by atoms with van der Waals surface area (Å²) in [6.07, 6.45) is 3.91. The Kier molecular flexibility index (Phi) is 2.69. The van der Waals surface area contributed by atoms with Gasteiger partial charge in [0.25, 0.3) is 0 Å². The lowest BCUT2D eigenvalue weighted by molar-refractivity contribution is -0.145. The highest BCUT2D eigenvalue weighted by Crippen LogP contribution is 2.48. The van der Waals surface area contributed by atoms with Gasteiger partial charge in [0.2, 0.25) is 0 Å². The Labute approximate surface area is 97.4 Å². The van der Waals surface area contributed by atoms with E-state index in [-0.39, 0.29) is 11.6 Å². The molecule has 2 aliphatic rings. The predicted molar refractivity (Wildman–Crippen MR) is 64.0 cm³/mol. The summed E-state index contributed by atoms with van der Waals surface area (Å²) in [7, 11) is 0. The normalized spacial score (nSPS) is 34.4. The number of carbonyl (C=O) groups is 1. The molecule has 1 aliphatic carbocycles. The highest BCUT2D eigenvalue weighted by molar-refractivity contribution is 5.91. The lowest BCUT2D eigenvalue weighted by atomic mass is 9.72. The molecule has 0 aromatic heterocycles. The van der Waals surface area contributed by atoms with E-state index in [4.69, 9.17) is 4.74 Å². The van der Waals surface area contributed by atoms with Crippen molar-refractivity contribution in [2.75, 3.05) is 0 Å². The molecule has 1 heterocycles. The molecule has 1 spiro atoms. The van der Waals surface area contributed by atoms with Gasteiger partial charge >= 0.3 is 5.97 Å². The van der Waals surface area contributed by atoms with Crippen molar-refractivity contribution in [3.63, 3.8) is 0 Å². The first kappa shape index (κ1) is 11.4. The summed E-state index contributed by atoms with van der Waals surface area (Å²) in [6, 6.07) is 0. The number of hydrogen-bond acceptors (Lipinski definition) is 2. The van der Waals surface area contributed by atoms with Gasteiger partial charge < -0.3 is 4.74 Å². The van der Waals surface area contributed by atoms with E-state index in [1.54, 1.807) is 0 Å². The molecule has 0 N–H and O–H groups in total. The summed E-state index contributed by atoms with van der Waals surface area (Å²) in [5.41, 5.74) is 2.92. The number of hydrogen-bond donors (Lipinski definition) is 0. The molecule has 0 aromatic rings. The fraction of sp³-hybridized carbons (Fsp3) is 0.643. The average Bonchev–Trinajstić information content (AvgIpc) is 2.41. The fourth-order valence-electron chi connectivity index (χ4n) is 3.10. The summed E-state index contributed by atoms with van der Waals surface area (Å²) < 4.78 is 5.65. The molecule has 2 rings (SSSR count). The van der Waals surface area contributed by atoms with Crippen LogP contribution in [0.2, 0.25) is 0 Å². The second-order valence-corrected chi connectivity index (χ2v) is 5.49. The summed E-state index contributed by atoms with van der Waals surface area (Å²) in [6.45, 7) is 10.3. The van der Waals surface area contributed by atoms with Crippen LogP contribution in [0.25, 0.3) is 0 Å². The first-order valence-corrected chi connectivity index (χ1v) is 6.02. The van der Waals surface area contributed by atoms with Crippen molar-refractivity contribution in [3.8, 4) is 0 Å². The second-order valence-electron chi connectivity index (χ2n) is 5.49. The maximum Gasteiger partial charge on any atom is 0.334 e. The Hall–Kier alpha value is -1.05. The van der Waals surface area contributed by atoms with Crippen molar-refractivity contribution < 1.29 is 9.53 Å². The Morgan fingerprint density at radius 1 is 1.50 bits per heavy atom. The average molecular weight is 220 g/mol. The molecule has 2 atom stereocenters. The lowest BCUT2D eigenvalue weighted by Crippen LogP contribution is -2.37. The van der Waals surface area contributed by atoms with Crippen molar-refractivity contribution in [2.24, 2.45) is 5.92 Å². The van der Waals surface area contributed by atoms with Crippen LogP contribution in [0.4, 0.5) is 0 Å². The first-order chi connectivity index (χ1) is 7.44. The van der Waals surface area contributed by atoms with E-state index in [2.05, 4.69) is 27.4 Å². The van der Waals surface area contributed by atoms with Crippen LogP contribution in [0.3, 0.4) is 0 Å². The van der Waals surface area contributed by atoms with Gasteiger partial charge in [0.15, 0.2) is 0 Å². The van der Waals surface area contributed by atoms with Crippen molar-refractivity contribution in [2.45, 2.75) is 52.1 Å². The molecule has 2 nitrogen and oxygen atoms in total. The van der Waals surface area contributed by atoms with E-state index >= 15 is 0 Å². The zero-order chi connectivity index (χ0) is 11.9. The monoisotopic (exact) mass is 220 g/mol. The van der Waals surface area contributed by atoms with E-state index in [0.717, 1.165) is 12.8 Å². The molecular formula is C14H20O2. The number of carbonyl (C=O) groups excluding carboxylic acids is 1. The van der Waals surface area contributed by atoms with E-state index in [0.29, 0.717) is 17.9 Å². The van der Waals surface area contributed by atoms with Crippen LogP contribution in [0.1, 0.15) is 46.5 Å². The largest absolute Gasteiger partial charge is 0.451 e. The van der Waals surface area contributed by atoms with Crippen LogP contribution in [-0.4, -0.2) is 11.6 Å². The summed E-state index contributed by atoms with van der Waals surface area (Å²) in [5, 5.41) is 0. The molecule has 2 heteroatoms. The first-order valence-electron chi connectivity index (χ1n) is 6.02. The maximum absolute atomic E-state index is 11.6. The molecule has 1 saturated carbocycles. The molecule has 1 aliphatic heterocycles. The molecule has 1 saturated heterocycles. The van der Waals surface area contributed by atoms with Crippen molar-refractivity contribution in [1.29, 1.82) is 0 Å². The van der Waals surface area contributed by atoms with Gasteiger partial charge in [0, 0.05) is 12.0 Å². The van der Waals surface area contributed by atoms with Crippen LogP contribution in [-0.2, 0) is 9.53 Å². The number of esters is 1. The van der Waals surface area contributed by atoms with Gasteiger partial charge in [-0.15, -0.1) is 0 Å². The topological polar surface area (TPSA) is 26.3 Å². The summed E-state index contributed by atoms with van der Waals surface area (Å²) in [5.74, 6) is 0.426. The van der Waals surface area contributed by atoms with Gasteiger partial charge in [-0.2, -0.15) is 0 Å². The molecule has 0 amide bonds. The van der Waals surface area contributed by atoms with E-state index < -0.39 is 0 Å². The standard InChI is InChI=1S/C14H20O2/c1-9(2)12-6-5-10(3)7-14(12)8-11(4)13(15)16-14/h10H,4-8H2,1-3H3/t10-,14+/m1/s1. The molecule has 88 valence electrons. The summed E-state index contributed by atoms with van der Waals surface area (Å²) >= 11 is 0. The molecule has 0 unspecified atom stereocenters. The molecule has 0 radical (unpaired) electrons. The third kappa shape index (κ3) is 1.70. The van der Waals surface area contributed by atoms with E-state index in [9.17, 15) is 4.79 Å². The van der Waals surface area contributed by atoms with Gasteiger partial charge in [0.1, 0.15) is 5.60 Å². The Bertz CT molecular complexity index is 356. The van der Waals surface area contributed by atoms with Gasteiger partial charge in [0.05, 0.1) is 0 Å². The molecule has 0 aromatic carbocycles. The zero-order valence-corrected chi connectivity index (χ0v) is 10.4. The van der Waals surface area contributed by atoms with Crippen LogP contribution >= 0.6 is 0 Å². The SMILES string of the molecule is C=C1C[C@]2(C[C@H](C)CCC2=C(C)C)OC1=O. The Morgan fingerprint density at radius 2 is 2.19 bits per heavy atom. The number of rotatable bonds is 0. The maximum atomic E-state index is 11.6. The minimum absolute atomic E-state index is 0.201. The fourth-order valence-corrected chi connectivity index (χ4v) is 3.10. The van der Waals surface area contributed by atoms with Crippen molar-refractivity contribution in [1.82, 2.24) is 0 Å². The lowest BCUT2D eigenvalue weighted by Gasteiger charge is -2.38. The minimum atomic E-state index is -0.343. The van der Waals surface area contributed by atoms with Gasteiger partial charge in [-0.1, -0.05) is 19.1 Å². The minimum Gasteiger partial charge on any atom is -0.451 e. The Balaban J connectivity index is 2.39. The molecular weight excluding hydrogens is 200 g/mol. The van der Waals surface area contributed by atoms with Gasteiger partial charge in [-0.25, -0.2) is 4.79 Å². The third-order valence-electron chi connectivity index (χ3n) is 3.79. The number of allylic oxidation sites excluding steroid dienone is 1. The van der Waals surface area contributed by atoms with E-state index in [1.165, 1.54) is 17.6 Å². The smallest absolute Gasteiger partial charge is 0.334 e. The predicted octanol–water partition coefficient (Wildman–Crippen LogP) is 3.38. The van der Waals surface area contributed by atoms with Crippen LogP contribution in [0.5, 0.6) is 0 Å². The quantitative estimate of drug-likeness (QED) is 0.355. The summed E-state index contributed by atoms with van der Waals surface area (Å²) in [4.78, 5) is 11.6. The van der Waals surface area contributed by atoms with E-state index in [1.807, 2.05) is 0 Å². The van der Waals surface area contributed by atoms with Gasteiger partial charge in [-0.3, -0.25) is 0 Å². The molecule has 2 fully saturated rings. The number of ether oxygens (including phenoxy) is 1. The Morgan fingerprint density at radius 3 is 2.69 bits per heavy atom. The van der Waals surface area contributed by atoms with Gasteiger partial charge in [-0.05, 0) is 44.6 Å². The van der Waals surface area contributed by atoms with Crippen LogP contribution < -0.4 is 0 Å². The molecule has 0 bridgehead atoms. The van der Waals surface area contributed by atoms with Crippen LogP contribution in [0, 0.1) is 5.92 Å². The highest BCUT2D eigenvalue weighted by Gasteiger charge is 2.48. The van der Waals surface area contributed by atoms with Crippen molar-refractivity contribution in [3.05, 3.63) is 23.3 Å². The molecule has 16 heavy (non-hydrogen) atoms. The van der Waals surface area contributed by atoms with Crippen LogP contribution in [0.15, 0.2) is 23.3 Å². The zero-order valence-electron chi connectivity index (χ0n) is 10.4. The third-order valence-corrected chi connectivity index (χ3v) is 3.79. The highest BCUT2D eigenvalue weighted by atomic mass is 16.6.